The molecule has 0 bridgehead atoms. The van der Waals surface area contributed by atoms with Crippen molar-refractivity contribution in [2.45, 2.75) is 32.7 Å². The molecule has 1 aliphatic heterocycles. The quantitative estimate of drug-likeness (QED) is 0.857. The topological polar surface area (TPSA) is 63.4 Å². The van der Waals surface area contributed by atoms with Crippen molar-refractivity contribution < 1.29 is 9.59 Å². The molecule has 0 aromatic heterocycles. The number of anilines is 1. The van der Waals surface area contributed by atoms with Crippen LogP contribution >= 0.6 is 0 Å². The zero-order chi connectivity index (χ0) is 14.3. The van der Waals surface area contributed by atoms with Gasteiger partial charge in [-0.05, 0) is 30.4 Å². The molecule has 2 amide bonds. The number of imide groups is 1. The molecule has 4 heteroatoms. The number of nitrogens with zero attached hydrogens (tertiary/aromatic N) is 1. The summed E-state index contributed by atoms with van der Waals surface area (Å²) in [6.45, 7) is 2.46. The van der Waals surface area contributed by atoms with E-state index < -0.39 is 0 Å². The SMILES string of the molecule is CCC1CC2C(=O)N(c3ccccc3CN)C(=O)C2C1. The zero-order valence-corrected chi connectivity index (χ0v) is 11.7. The summed E-state index contributed by atoms with van der Waals surface area (Å²) in [4.78, 5) is 26.6. The van der Waals surface area contributed by atoms with Crippen molar-refractivity contribution in [3.8, 4) is 0 Å². The lowest BCUT2D eigenvalue weighted by atomic mass is 10.00. The monoisotopic (exact) mass is 272 g/mol. The number of fused-ring (bicyclic) bond motifs is 1. The summed E-state index contributed by atoms with van der Waals surface area (Å²) in [7, 11) is 0. The Morgan fingerprint density at radius 3 is 2.30 bits per heavy atom. The van der Waals surface area contributed by atoms with Gasteiger partial charge < -0.3 is 5.73 Å². The molecule has 2 aliphatic rings. The van der Waals surface area contributed by atoms with Gasteiger partial charge in [0.2, 0.25) is 11.8 Å². The van der Waals surface area contributed by atoms with E-state index in [4.69, 9.17) is 5.73 Å². The Morgan fingerprint density at radius 2 is 1.75 bits per heavy atom. The molecule has 3 rings (SSSR count). The first-order chi connectivity index (χ1) is 9.67. The third-order valence-electron chi connectivity index (χ3n) is 4.77. The molecule has 20 heavy (non-hydrogen) atoms. The Kier molecular flexibility index (Phi) is 3.34. The molecule has 2 N–H and O–H groups in total. The summed E-state index contributed by atoms with van der Waals surface area (Å²) in [5, 5.41) is 0. The summed E-state index contributed by atoms with van der Waals surface area (Å²) in [5.74, 6) is 0.232. The van der Waals surface area contributed by atoms with Crippen LogP contribution in [0.1, 0.15) is 31.7 Å². The van der Waals surface area contributed by atoms with Gasteiger partial charge in [0.25, 0.3) is 0 Å². The second-order valence-electron chi connectivity index (χ2n) is 5.80. The average Bonchev–Trinajstić information content (AvgIpc) is 3.00. The van der Waals surface area contributed by atoms with Crippen molar-refractivity contribution in [3.05, 3.63) is 29.8 Å². The Morgan fingerprint density at radius 1 is 1.15 bits per heavy atom. The van der Waals surface area contributed by atoms with Crippen molar-refractivity contribution in [3.63, 3.8) is 0 Å². The number of benzene rings is 1. The fraction of sp³-hybridized carbons (Fsp3) is 0.500. The van der Waals surface area contributed by atoms with E-state index in [-0.39, 0.29) is 23.7 Å². The summed E-state index contributed by atoms with van der Waals surface area (Å²) in [6.07, 6.45) is 2.76. The van der Waals surface area contributed by atoms with E-state index in [0.717, 1.165) is 24.8 Å². The molecule has 1 aromatic rings. The van der Waals surface area contributed by atoms with E-state index in [9.17, 15) is 9.59 Å². The van der Waals surface area contributed by atoms with Gasteiger partial charge in [0, 0.05) is 6.54 Å². The van der Waals surface area contributed by atoms with Gasteiger partial charge in [-0.25, -0.2) is 4.90 Å². The molecule has 1 saturated carbocycles. The normalized spacial score (nSPS) is 29.1. The standard InChI is InChI=1S/C16H20N2O2/c1-2-10-7-12-13(8-10)16(20)18(15(12)19)14-6-4-3-5-11(14)9-17/h3-6,10,12-13H,2,7-9,17H2,1H3. The van der Waals surface area contributed by atoms with Gasteiger partial charge in [-0.2, -0.15) is 0 Å². The average molecular weight is 272 g/mol. The molecule has 2 unspecified atom stereocenters. The summed E-state index contributed by atoms with van der Waals surface area (Å²) >= 11 is 0. The Balaban J connectivity index is 1.94. The lowest BCUT2D eigenvalue weighted by Crippen LogP contribution is -2.33. The van der Waals surface area contributed by atoms with Gasteiger partial charge >= 0.3 is 0 Å². The van der Waals surface area contributed by atoms with Gasteiger partial charge in [-0.15, -0.1) is 0 Å². The molecule has 1 aromatic carbocycles. The maximum atomic E-state index is 12.6. The third kappa shape index (κ3) is 1.86. The Bertz CT molecular complexity index is 531. The highest BCUT2D eigenvalue weighted by molar-refractivity contribution is 6.22. The van der Waals surface area contributed by atoms with E-state index in [1.807, 2.05) is 24.3 Å². The summed E-state index contributed by atoms with van der Waals surface area (Å²) in [6, 6.07) is 7.41. The van der Waals surface area contributed by atoms with E-state index in [1.165, 1.54) is 4.90 Å². The number of nitrogens with two attached hydrogens (primary N) is 1. The third-order valence-corrected chi connectivity index (χ3v) is 4.77. The van der Waals surface area contributed by atoms with Gasteiger partial charge in [0.05, 0.1) is 17.5 Å². The first-order valence-corrected chi connectivity index (χ1v) is 7.33. The maximum absolute atomic E-state index is 12.6. The fourth-order valence-electron chi connectivity index (χ4n) is 3.60. The van der Waals surface area contributed by atoms with Gasteiger partial charge in [-0.1, -0.05) is 31.5 Å². The van der Waals surface area contributed by atoms with Crippen LogP contribution in [0.4, 0.5) is 5.69 Å². The van der Waals surface area contributed by atoms with Crippen molar-refractivity contribution in [2.75, 3.05) is 4.90 Å². The second-order valence-corrected chi connectivity index (χ2v) is 5.80. The van der Waals surface area contributed by atoms with Crippen LogP contribution in [-0.4, -0.2) is 11.8 Å². The van der Waals surface area contributed by atoms with Crippen LogP contribution in [0.15, 0.2) is 24.3 Å². The molecule has 1 aliphatic carbocycles. The van der Waals surface area contributed by atoms with Crippen LogP contribution < -0.4 is 10.6 Å². The zero-order valence-electron chi connectivity index (χ0n) is 11.7. The molecule has 106 valence electrons. The Labute approximate surface area is 118 Å². The van der Waals surface area contributed by atoms with Crippen molar-refractivity contribution >= 4 is 17.5 Å². The van der Waals surface area contributed by atoms with Crippen molar-refractivity contribution in [1.29, 1.82) is 0 Å². The van der Waals surface area contributed by atoms with Crippen LogP contribution in [0, 0.1) is 17.8 Å². The predicted molar refractivity (Wildman–Crippen MR) is 76.8 cm³/mol. The number of carbonyl (C=O) groups excluding carboxylic acids is 2. The van der Waals surface area contributed by atoms with Crippen molar-refractivity contribution in [1.82, 2.24) is 0 Å². The highest BCUT2D eigenvalue weighted by Gasteiger charge is 2.52. The van der Waals surface area contributed by atoms with Crippen molar-refractivity contribution in [2.24, 2.45) is 23.5 Å². The number of rotatable bonds is 3. The lowest BCUT2D eigenvalue weighted by molar-refractivity contribution is -0.123. The van der Waals surface area contributed by atoms with Crippen LogP contribution in [0.3, 0.4) is 0 Å². The van der Waals surface area contributed by atoms with E-state index in [2.05, 4.69) is 6.92 Å². The summed E-state index contributed by atoms with van der Waals surface area (Å²) < 4.78 is 0. The number of amides is 2. The summed E-state index contributed by atoms with van der Waals surface area (Å²) in [5.41, 5.74) is 7.24. The van der Waals surface area contributed by atoms with E-state index in [1.54, 1.807) is 0 Å². The molecule has 1 saturated heterocycles. The number of para-hydroxylation sites is 1. The minimum absolute atomic E-state index is 0.0307. The lowest BCUT2D eigenvalue weighted by Gasteiger charge is -2.20. The Hall–Kier alpha value is -1.68. The number of hydrogen-bond acceptors (Lipinski definition) is 3. The first-order valence-electron chi connectivity index (χ1n) is 7.33. The molecule has 1 heterocycles. The van der Waals surface area contributed by atoms with Crippen LogP contribution in [0.5, 0.6) is 0 Å². The second kappa shape index (κ2) is 5.02. The molecular formula is C16H20N2O2. The minimum atomic E-state index is -0.113. The molecule has 2 atom stereocenters. The highest BCUT2D eigenvalue weighted by Crippen LogP contribution is 2.45. The highest BCUT2D eigenvalue weighted by atomic mass is 16.2. The molecule has 0 radical (unpaired) electrons. The van der Waals surface area contributed by atoms with Crippen LogP contribution in [-0.2, 0) is 16.1 Å². The smallest absolute Gasteiger partial charge is 0.237 e. The van der Waals surface area contributed by atoms with Crippen LogP contribution in [0.25, 0.3) is 0 Å². The van der Waals surface area contributed by atoms with Gasteiger partial charge in [-0.3, -0.25) is 9.59 Å². The fourth-order valence-corrected chi connectivity index (χ4v) is 3.60. The molecule has 4 nitrogen and oxygen atoms in total. The largest absolute Gasteiger partial charge is 0.326 e. The molecule has 2 fully saturated rings. The molecule has 0 spiro atoms. The first kappa shape index (κ1) is 13.3. The van der Waals surface area contributed by atoms with Crippen LogP contribution in [0.2, 0.25) is 0 Å². The van der Waals surface area contributed by atoms with Gasteiger partial charge in [0.1, 0.15) is 0 Å². The van der Waals surface area contributed by atoms with E-state index >= 15 is 0 Å². The number of carbonyl (C=O) groups is 2. The number of hydrogen-bond donors (Lipinski definition) is 1. The maximum Gasteiger partial charge on any atom is 0.237 e. The van der Waals surface area contributed by atoms with Gasteiger partial charge in [0.15, 0.2) is 0 Å². The predicted octanol–water partition coefficient (Wildman–Crippen LogP) is 2.07. The minimum Gasteiger partial charge on any atom is -0.326 e. The molecular weight excluding hydrogens is 252 g/mol. The van der Waals surface area contributed by atoms with E-state index in [0.29, 0.717) is 18.2 Å².